The predicted molar refractivity (Wildman–Crippen MR) is 95.7 cm³/mol. The minimum absolute atomic E-state index is 0.214. The van der Waals surface area contributed by atoms with Crippen molar-refractivity contribution in [2.45, 2.75) is 13.0 Å². The molecule has 0 saturated heterocycles. The molecule has 0 bridgehead atoms. The normalized spacial score (nSPS) is 13.0. The standard InChI is InChI=1S/C18H21ClN2O3/c1-11(17(20)12-7-5-4-6-8-12)18(22)21-14-10-15(23-2)13(19)9-16(14)24-3/h4-11,17H,20H2,1-3H3,(H,21,22). The molecular formula is C18H21ClN2O3. The van der Waals surface area contributed by atoms with Crippen LogP contribution in [0.4, 0.5) is 5.69 Å². The van der Waals surface area contributed by atoms with Crippen molar-refractivity contribution in [3.8, 4) is 11.5 Å². The first-order chi connectivity index (χ1) is 11.5. The van der Waals surface area contributed by atoms with Gasteiger partial charge in [-0.05, 0) is 5.56 Å². The van der Waals surface area contributed by atoms with Crippen molar-refractivity contribution in [3.05, 3.63) is 53.1 Å². The van der Waals surface area contributed by atoms with Crippen molar-refractivity contribution < 1.29 is 14.3 Å². The third kappa shape index (κ3) is 3.99. The van der Waals surface area contributed by atoms with Crippen molar-refractivity contribution >= 4 is 23.2 Å². The summed E-state index contributed by atoms with van der Waals surface area (Å²) < 4.78 is 10.4. The molecule has 0 saturated carbocycles. The van der Waals surface area contributed by atoms with Crippen LogP contribution in [0.3, 0.4) is 0 Å². The van der Waals surface area contributed by atoms with Gasteiger partial charge in [-0.25, -0.2) is 0 Å². The number of ether oxygens (including phenoxy) is 2. The molecule has 1 amide bonds. The van der Waals surface area contributed by atoms with E-state index in [9.17, 15) is 4.79 Å². The number of anilines is 1. The quantitative estimate of drug-likeness (QED) is 0.836. The smallest absolute Gasteiger partial charge is 0.229 e. The minimum atomic E-state index is -0.432. The monoisotopic (exact) mass is 348 g/mol. The molecule has 3 N–H and O–H groups in total. The number of methoxy groups -OCH3 is 2. The molecule has 128 valence electrons. The highest BCUT2D eigenvalue weighted by molar-refractivity contribution is 6.32. The molecule has 0 aliphatic rings. The van der Waals surface area contributed by atoms with Gasteiger partial charge in [0.1, 0.15) is 11.5 Å². The molecule has 0 fully saturated rings. The first-order valence-corrected chi connectivity index (χ1v) is 7.88. The minimum Gasteiger partial charge on any atom is -0.495 e. The molecule has 2 rings (SSSR count). The molecule has 0 radical (unpaired) electrons. The van der Waals surface area contributed by atoms with E-state index in [2.05, 4.69) is 5.32 Å². The van der Waals surface area contributed by atoms with Gasteiger partial charge < -0.3 is 20.5 Å². The van der Waals surface area contributed by atoms with Gasteiger partial charge in [0.05, 0.1) is 30.8 Å². The summed E-state index contributed by atoms with van der Waals surface area (Å²) in [6.07, 6.45) is 0. The lowest BCUT2D eigenvalue weighted by Gasteiger charge is -2.21. The number of carbonyl (C=O) groups excluding carboxylic acids is 1. The molecule has 2 unspecified atom stereocenters. The largest absolute Gasteiger partial charge is 0.495 e. The molecule has 24 heavy (non-hydrogen) atoms. The van der Waals surface area contributed by atoms with Crippen molar-refractivity contribution in [2.24, 2.45) is 11.7 Å². The van der Waals surface area contributed by atoms with Crippen molar-refractivity contribution in [1.29, 1.82) is 0 Å². The lowest BCUT2D eigenvalue weighted by Crippen LogP contribution is -2.30. The van der Waals surface area contributed by atoms with Crippen LogP contribution >= 0.6 is 11.6 Å². The van der Waals surface area contributed by atoms with E-state index in [4.69, 9.17) is 26.8 Å². The van der Waals surface area contributed by atoms with Gasteiger partial charge in [0.2, 0.25) is 5.91 Å². The summed E-state index contributed by atoms with van der Waals surface area (Å²) in [5.41, 5.74) is 7.59. The molecule has 2 aromatic rings. The molecular weight excluding hydrogens is 328 g/mol. The summed E-state index contributed by atoms with van der Waals surface area (Å²) in [5.74, 6) is 0.259. The van der Waals surface area contributed by atoms with Crippen LogP contribution in [0, 0.1) is 5.92 Å². The Balaban J connectivity index is 2.19. The van der Waals surface area contributed by atoms with Gasteiger partial charge in [-0.3, -0.25) is 4.79 Å². The number of carbonyl (C=O) groups is 1. The van der Waals surface area contributed by atoms with E-state index in [1.807, 2.05) is 30.3 Å². The number of hydrogen-bond acceptors (Lipinski definition) is 4. The van der Waals surface area contributed by atoms with Gasteiger partial charge in [0, 0.05) is 18.2 Å². The summed E-state index contributed by atoms with van der Waals surface area (Å²) in [5, 5.41) is 3.24. The Hall–Kier alpha value is -2.24. The molecule has 0 aliphatic carbocycles. The third-order valence-electron chi connectivity index (χ3n) is 3.87. The molecule has 6 heteroatoms. The van der Waals surface area contributed by atoms with Crippen molar-refractivity contribution in [1.82, 2.24) is 0 Å². The zero-order valence-corrected chi connectivity index (χ0v) is 14.6. The van der Waals surface area contributed by atoms with E-state index < -0.39 is 12.0 Å². The maximum absolute atomic E-state index is 12.6. The Labute approximate surface area is 146 Å². The summed E-state index contributed by atoms with van der Waals surface area (Å²) in [6.45, 7) is 1.78. The SMILES string of the molecule is COc1cc(NC(=O)C(C)C(N)c2ccccc2)c(OC)cc1Cl. The number of benzene rings is 2. The molecule has 0 spiro atoms. The number of halogens is 1. The topological polar surface area (TPSA) is 73.6 Å². The molecule has 5 nitrogen and oxygen atoms in total. The van der Waals surface area contributed by atoms with Crippen molar-refractivity contribution in [3.63, 3.8) is 0 Å². The Kier molecular flexibility index (Phi) is 6.06. The average molecular weight is 349 g/mol. The average Bonchev–Trinajstić information content (AvgIpc) is 2.62. The van der Waals surface area contributed by atoms with Crippen LogP contribution in [0.5, 0.6) is 11.5 Å². The maximum Gasteiger partial charge on any atom is 0.229 e. The summed E-state index contributed by atoms with van der Waals surface area (Å²) in [6, 6.07) is 12.3. The Morgan fingerprint density at radius 2 is 1.75 bits per heavy atom. The Bertz CT molecular complexity index is 707. The second kappa shape index (κ2) is 8.04. The van der Waals surface area contributed by atoms with Crippen LogP contribution in [0.25, 0.3) is 0 Å². The summed E-state index contributed by atoms with van der Waals surface area (Å²) >= 11 is 6.07. The van der Waals surface area contributed by atoms with Crippen LogP contribution in [-0.2, 0) is 4.79 Å². The molecule has 2 aromatic carbocycles. The molecule has 0 aliphatic heterocycles. The van der Waals surface area contributed by atoms with E-state index >= 15 is 0 Å². The highest BCUT2D eigenvalue weighted by Gasteiger charge is 2.23. The van der Waals surface area contributed by atoms with E-state index in [-0.39, 0.29) is 5.91 Å². The molecule has 2 atom stereocenters. The van der Waals surface area contributed by atoms with Crippen LogP contribution in [0.2, 0.25) is 5.02 Å². The molecule has 0 heterocycles. The van der Waals surface area contributed by atoms with Crippen LogP contribution in [0.1, 0.15) is 18.5 Å². The van der Waals surface area contributed by atoms with Gasteiger partial charge in [-0.2, -0.15) is 0 Å². The van der Waals surface area contributed by atoms with E-state index in [1.165, 1.54) is 14.2 Å². The van der Waals surface area contributed by atoms with Gasteiger partial charge in [-0.1, -0.05) is 48.9 Å². The van der Waals surface area contributed by atoms with E-state index in [1.54, 1.807) is 19.1 Å². The van der Waals surface area contributed by atoms with Crippen LogP contribution in [0.15, 0.2) is 42.5 Å². The second-order valence-electron chi connectivity index (χ2n) is 5.40. The van der Waals surface area contributed by atoms with Crippen LogP contribution in [-0.4, -0.2) is 20.1 Å². The molecule has 0 aromatic heterocycles. The Morgan fingerprint density at radius 1 is 1.12 bits per heavy atom. The summed E-state index contributed by atoms with van der Waals surface area (Å²) in [7, 11) is 3.01. The van der Waals surface area contributed by atoms with Crippen molar-refractivity contribution in [2.75, 3.05) is 19.5 Å². The first kappa shape index (κ1) is 18.1. The second-order valence-corrected chi connectivity index (χ2v) is 5.81. The van der Waals surface area contributed by atoms with Crippen LogP contribution < -0.4 is 20.5 Å². The fourth-order valence-electron chi connectivity index (χ4n) is 2.33. The number of rotatable bonds is 6. The van der Waals surface area contributed by atoms with Gasteiger partial charge >= 0.3 is 0 Å². The number of nitrogens with two attached hydrogens (primary N) is 1. The van der Waals surface area contributed by atoms with Gasteiger partial charge in [0.25, 0.3) is 0 Å². The first-order valence-electron chi connectivity index (χ1n) is 7.50. The highest BCUT2D eigenvalue weighted by atomic mass is 35.5. The number of nitrogens with one attached hydrogen (secondary N) is 1. The zero-order valence-electron chi connectivity index (χ0n) is 13.9. The highest BCUT2D eigenvalue weighted by Crippen LogP contribution is 2.36. The zero-order chi connectivity index (χ0) is 17.7. The fraction of sp³-hybridized carbons (Fsp3) is 0.278. The van der Waals surface area contributed by atoms with E-state index in [0.29, 0.717) is 22.2 Å². The van der Waals surface area contributed by atoms with E-state index in [0.717, 1.165) is 5.56 Å². The predicted octanol–water partition coefficient (Wildman–Crippen LogP) is 3.63. The maximum atomic E-state index is 12.6. The number of hydrogen-bond donors (Lipinski definition) is 2. The third-order valence-corrected chi connectivity index (χ3v) is 4.16. The lowest BCUT2D eigenvalue weighted by atomic mass is 9.94. The Morgan fingerprint density at radius 3 is 2.33 bits per heavy atom. The lowest BCUT2D eigenvalue weighted by molar-refractivity contribution is -0.120. The van der Waals surface area contributed by atoms with Gasteiger partial charge in [-0.15, -0.1) is 0 Å². The summed E-state index contributed by atoms with van der Waals surface area (Å²) in [4.78, 5) is 12.6. The van der Waals surface area contributed by atoms with Gasteiger partial charge in [0.15, 0.2) is 0 Å². The fourth-order valence-corrected chi connectivity index (χ4v) is 2.56. The number of amides is 1.